The predicted molar refractivity (Wildman–Crippen MR) is 86.6 cm³/mol. The van der Waals surface area contributed by atoms with Crippen LogP contribution in [0.1, 0.15) is 21.6 Å². The summed E-state index contributed by atoms with van der Waals surface area (Å²) in [4.78, 5) is 15.5. The summed E-state index contributed by atoms with van der Waals surface area (Å²) in [5.41, 5.74) is 10.9. The zero-order valence-corrected chi connectivity index (χ0v) is 12.0. The molecule has 0 fully saturated rings. The zero-order chi connectivity index (χ0) is 15.0. The Balaban J connectivity index is 1.94. The molecule has 1 amide bonds. The summed E-state index contributed by atoms with van der Waals surface area (Å²) in [7, 11) is 0. The molecule has 0 spiro atoms. The smallest absolute Gasteiger partial charge is 0.272 e. The van der Waals surface area contributed by atoms with Crippen LogP contribution in [0, 0.1) is 13.8 Å². The number of hydrogen-bond donors (Lipinski definition) is 3. The summed E-state index contributed by atoms with van der Waals surface area (Å²) in [5, 5.41) is 3.87. The van der Waals surface area contributed by atoms with E-state index in [9.17, 15) is 4.79 Å². The number of benzene rings is 2. The van der Waals surface area contributed by atoms with E-state index in [1.165, 1.54) is 0 Å². The third-order valence-electron chi connectivity index (χ3n) is 3.79. The lowest BCUT2D eigenvalue weighted by atomic mass is 10.1. The van der Waals surface area contributed by atoms with Gasteiger partial charge in [-0.15, -0.1) is 0 Å². The number of hydrogen-bond acceptors (Lipinski definition) is 2. The second-order valence-electron chi connectivity index (χ2n) is 5.20. The van der Waals surface area contributed by atoms with Crippen LogP contribution >= 0.6 is 0 Å². The van der Waals surface area contributed by atoms with Gasteiger partial charge in [-0.25, -0.2) is 0 Å². The molecule has 2 aromatic carbocycles. The van der Waals surface area contributed by atoms with Crippen molar-refractivity contribution < 1.29 is 4.79 Å². The lowest BCUT2D eigenvalue weighted by Crippen LogP contribution is -2.13. The second kappa shape index (κ2) is 4.98. The summed E-state index contributed by atoms with van der Waals surface area (Å²) in [6.45, 7) is 4.02. The van der Waals surface area contributed by atoms with Crippen LogP contribution in [0.25, 0.3) is 10.9 Å². The fourth-order valence-electron chi connectivity index (χ4n) is 2.38. The van der Waals surface area contributed by atoms with E-state index in [2.05, 4.69) is 10.3 Å². The lowest BCUT2D eigenvalue weighted by molar-refractivity contribution is 0.102. The lowest BCUT2D eigenvalue weighted by Gasteiger charge is -2.09. The first-order valence-electron chi connectivity index (χ1n) is 6.81. The van der Waals surface area contributed by atoms with Crippen LogP contribution in [-0.4, -0.2) is 10.9 Å². The molecule has 4 N–H and O–H groups in total. The van der Waals surface area contributed by atoms with Gasteiger partial charge >= 0.3 is 0 Å². The number of aromatic nitrogens is 1. The van der Waals surface area contributed by atoms with Gasteiger partial charge in [0.2, 0.25) is 0 Å². The summed E-state index contributed by atoms with van der Waals surface area (Å²) < 4.78 is 0. The molecular formula is C17H17N3O. The Morgan fingerprint density at radius 1 is 1.14 bits per heavy atom. The molecule has 0 aliphatic carbocycles. The standard InChI is InChI=1S/C17H17N3O/c1-10-5-3-8-14(11(10)2)20-17(21)15-9-12-6-4-7-13(18)16(12)19-15/h3-9,19H,18H2,1-2H3,(H,20,21). The molecule has 3 aromatic rings. The van der Waals surface area contributed by atoms with Crippen LogP contribution < -0.4 is 11.1 Å². The molecule has 0 unspecified atom stereocenters. The largest absolute Gasteiger partial charge is 0.397 e. The van der Waals surface area contributed by atoms with Crippen molar-refractivity contribution in [2.75, 3.05) is 11.1 Å². The van der Waals surface area contributed by atoms with E-state index in [-0.39, 0.29) is 5.91 Å². The summed E-state index contributed by atoms with van der Waals surface area (Å²) >= 11 is 0. The van der Waals surface area contributed by atoms with Gasteiger partial charge in [-0.05, 0) is 43.2 Å². The molecule has 4 heteroatoms. The molecule has 0 saturated heterocycles. The number of para-hydroxylation sites is 1. The van der Waals surface area contributed by atoms with Gasteiger partial charge in [0.15, 0.2) is 0 Å². The fourth-order valence-corrected chi connectivity index (χ4v) is 2.38. The highest BCUT2D eigenvalue weighted by molar-refractivity contribution is 6.07. The van der Waals surface area contributed by atoms with Crippen molar-refractivity contribution in [2.24, 2.45) is 0 Å². The molecule has 21 heavy (non-hydrogen) atoms. The molecule has 1 heterocycles. The fraction of sp³-hybridized carbons (Fsp3) is 0.118. The number of amides is 1. The van der Waals surface area contributed by atoms with E-state index in [4.69, 9.17) is 5.73 Å². The molecule has 0 radical (unpaired) electrons. The van der Waals surface area contributed by atoms with Crippen LogP contribution in [0.2, 0.25) is 0 Å². The first-order valence-corrected chi connectivity index (χ1v) is 6.81. The van der Waals surface area contributed by atoms with Crippen LogP contribution in [0.3, 0.4) is 0 Å². The number of carbonyl (C=O) groups is 1. The molecule has 4 nitrogen and oxygen atoms in total. The van der Waals surface area contributed by atoms with Gasteiger partial charge in [0.25, 0.3) is 5.91 Å². The van der Waals surface area contributed by atoms with Crippen molar-refractivity contribution in [3.63, 3.8) is 0 Å². The van der Waals surface area contributed by atoms with E-state index in [1.54, 1.807) is 0 Å². The number of nitrogen functional groups attached to an aromatic ring is 1. The second-order valence-corrected chi connectivity index (χ2v) is 5.20. The minimum atomic E-state index is -0.167. The van der Waals surface area contributed by atoms with Crippen molar-refractivity contribution in [1.82, 2.24) is 4.98 Å². The predicted octanol–water partition coefficient (Wildman–Crippen LogP) is 3.62. The molecule has 0 bridgehead atoms. The van der Waals surface area contributed by atoms with Gasteiger partial charge in [-0.1, -0.05) is 24.3 Å². The van der Waals surface area contributed by atoms with Crippen molar-refractivity contribution in [3.05, 3.63) is 59.3 Å². The number of rotatable bonds is 2. The Morgan fingerprint density at radius 3 is 2.67 bits per heavy atom. The average Bonchev–Trinajstić information content (AvgIpc) is 2.89. The van der Waals surface area contributed by atoms with E-state index >= 15 is 0 Å². The SMILES string of the molecule is Cc1cccc(NC(=O)c2cc3cccc(N)c3[nH]2)c1C. The van der Waals surface area contributed by atoms with Crippen molar-refractivity contribution >= 4 is 28.2 Å². The molecule has 0 aliphatic rings. The highest BCUT2D eigenvalue weighted by Crippen LogP contribution is 2.23. The van der Waals surface area contributed by atoms with Crippen molar-refractivity contribution in [1.29, 1.82) is 0 Å². The Labute approximate surface area is 123 Å². The maximum absolute atomic E-state index is 12.4. The number of anilines is 2. The Morgan fingerprint density at radius 2 is 1.90 bits per heavy atom. The number of fused-ring (bicyclic) bond motifs is 1. The molecule has 0 aliphatic heterocycles. The normalized spacial score (nSPS) is 10.8. The quantitative estimate of drug-likeness (QED) is 0.627. The molecule has 106 valence electrons. The highest BCUT2D eigenvalue weighted by atomic mass is 16.1. The average molecular weight is 279 g/mol. The van der Waals surface area contributed by atoms with Gasteiger partial charge in [0.05, 0.1) is 11.2 Å². The minimum absolute atomic E-state index is 0.167. The third kappa shape index (κ3) is 2.36. The number of aryl methyl sites for hydroxylation is 1. The Bertz CT molecular complexity index is 833. The first kappa shape index (κ1) is 13.2. The molecule has 0 saturated carbocycles. The maximum Gasteiger partial charge on any atom is 0.272 e. The maximum atomic E-state index is 12.4. The van der Waals surface area contributed by atoms with Crippen molar-refractivity contribution in [3.8, 4) is 0 Å². The van der Waals surface area contributed by atoms with Gasteiger partial charge < -0.3 is 16.0 Å². The minimum Gasteiger partial charge on any atom is -0.397 e. The van der Waals surface area contributed by atoms with Gasteiger partial charge in [0, 0.05) is 11.1 Å². The van der Waals surface area contributed by atoms with Gasteiger partial charge in [0.1, 0.15) is 5.69 Å². The number of nitrogens with two attached hydrogens (primary N) is 1. The first-order chi connectivity index (χ1) is 10.1. The third-order valence-corrected chi connectivity index (χ3v) is 3.79. The zero-order valence-electron chi connectivity index (χ0n) is 12.0. The summed E-state index contributed by atoms with van der Waals surface area (Å²) in [6.07, 6.45) is 0. The monoisotopic (exact) mass is 279 g/mol. The number of H-pyrrole nitrogens is 1. The van der Waals surface area contributed by atoms with Crippen molar-refractivity contribution in [2.45, 2.75) is 13.8 Å². The molecule has 3 rings (SSSR count). The number of carbonyl (C=O) groups excluding carboxylic acids is 1. The van der Waals surface area contributed by atoms with E-state index in [0.29, 0.717) is 11.4 Å². The van der Waals surface area contributed by atoms with E-state index in [1.807, 2.05) is 56.3 Å². The van der Waals surface area contributed by atoms with Crippen LogP contribution in [0.15, 0.2) is 42.5 Å². The van der Waals surface area contributed by atoms with E-state index in [0.717, 1.165) is 27.7 Å². The van der Waals surface area contributed by atoms with E-state index < -0.39 is 0 Å². The topological polar surface area (TPSA) is 70.9 Å². The summed E-state index contributed by atoms with van der Waals surface area (Å²) in [6, 6.07) is 13.3. The number of nitrogens with one attached hydrogen (secondary N) is 2. The van der Waals surface area contributed by atoms with Crippen LogP contribution in [0.4, 0.5) is 11.4 Å². The molecule has 1 aromatic heterocycles. The summed E-state index contributed by atoms with van der Waals surface area (Å²) in [5.74, 6) is -0.167. The highest BCUT2D eigenvalue weighted by Gasteiger charge is 2.12. The van der Waals surface area contributed by atoms with Crippen LogP contribution in [0.5, 0.6) is 0 Å². The van der Waals surface area contributed by atoms with Gasteiger partial charge in [-0.3, -0.25) is 4.79 Å². The van der Waals surface area contributed by atoms with Crippen LogP contribution in [-0.2, 0) is 0 Å². The molecular weight excluding hydrogens is 262 g/mol. The number of aromatic amines is 1. The van der Waals surface area contributed by atoms with Gasteiger partial charge in [-0.2, -0.15) is 0 Å². The Kier molecular flexibility index (Phi) is 3.14. The Hall–Kier alpha value is -2.75. The molecule has 0 atom stereocenters.